The molecule has 23 heavy (non-hydrogen) atoms. The summed E-state index contributed by atoms with van der Waals surface area (Å²) in [5.74, 6) is 0.736. The Morgan fingerprint density at radius 1 is 1.26 bits per heavy atom. The van der Waals surface area contributed by atoms with Crippen LogP contribution in [0.1, 0.15) is 27.2 Å². The lowest BCUT2D eigenvalue weighted by Crippen LogP contribution is -2.33. The molecule has 0 fully saturated rings. The third-order valence-electron chi connectivity index (χ3n) is 2.97. The lowest BCUT2D eigenvalue weighted by molar-refractivity contribution is 0.0528. The number of nitrogens with one attached hydrogen (secondary N) is 2. The number of amides is 1. The predicted molar refractivity (Wildman–Crippen MR) is 91.3 cm³/mol. The summed E-state index contributed by atoms with van der Waals surface area (Å²) < 4.78 is 5.17. The van der Waals surface area contributed by atoms with Crippen LogP contribution < -0.4 is 16.4 Å². The van der Waals surface area contributed by atoms with E-state index < -0.39 is 11.7 Å². The molecule has 0 radical (unpaired) electrons. The number of carbonyl (C=O) groups excluding carboxylic acids is 1. The summed E-state index contributed by atoms with van der Waals surface area (Å²) in [6.45, 7) is 6.68. The van der Waals surface area contributed by atoms with Gasteiger partial charge in [-0.05, 0) is 45.4 Å². The predicted octanol–water partition coefficient (Wildman–Crippen LogP) is 2.54. The highest BCUT2D eigenvalue weighted by molar-refractivity contribution is 5.91. The minimum atomic E-state index is -0.484. The Hall–Kier alpha value is -2.57. The lowest BCUT2D eigenvalue weighted by Gasteiger charge is -2.19. The molecular weight excluding hydrogens is 294 g/mol. The van der Waals surface area contributed by atoms with Crippen molar-refractivity contribution >= 4 is 28.5 Å². The minimum absolute atomic E-state index is 0.405. The summed E-state index contributed by atoms with van der Waals surface area (Å²) >= 11 is 0. The van der Waals surface area contributed by atoms with E-state index in [1.54, 1.807) is 0 Å². The molecule has 4 N–H and O–H groups in total. The SMILES string of the molecule is CC(C)(C)OC(=O)NCCCNc1ncnc2ccc(N)cc12. The van der Waals surface area contributed by atoms with Crippen LogP contribution in [0.2, 0.25) is 0 Å². The summed E-state index contributed by atoms with van der Waals surface area (Å²) in [5.41, 5.74) is 6.83. The van der Waals surface area contributed by atoms with Crippen LogP contribution in [-0.2, 0) is 4.74 Å². The average molecular weight is 317 g/mol. The number of ether oxygens (including phenoxy) is 1. The van der Waals surface area contributed by atoms with Crippen LogP contribution in [0.15, 0.2) is 24.5 Å². The van der Waals surface area contributed by atoms with Crippen molar-refractivity contribution in [2.75, 3.05) is 24.1 Å². The molecule has 0 aliphatic heterocycles. The fourth-order valence-electron chi connectivity index (χ4n) is 2.01. The van der Waals surface area contributed by atoms with Crippen LogP contribution in [0.5, 0.6) is 0 Å². The Kier molecular flexibility index (Phi) is 5.20. The average Bonchev–Trinajstić information content (AvgIpc) is 2.45. The first kappa shape index (κ1) is 16.8. The second-order valence-electron chi connectivity index (χ2n) is 6.21. The van der Waals surface area contributed by atoms with E-state index in [4.69, 9.17) is 10.5 Å². The molecule has 0 saturated heterocycles. The standard InChI is InChI=1S/C16H23N5O2/c1-16(2,3)23-15(22)19-8-4-7-18-14-12-9-11(17)5-6-13(12)20-10-21-14/h5-6,9-10H,4,7-8,17H2,1-3H3,(H,19,22)(H,18,20,21). The number of rotatable bonds is 5. The number of benzene rings is 1. The van der Waals surface area contributed by atoms with Gasteiger partial charge in [-0.1, -0.05) is 0 Å². The van der Waals surface area contributed by atoms with Crippen molar-refractivity contribution in [2.45, 2.75) is 32.8 Å². The van der Waals surface area contributed by atoms with E-state index >= 15 is 0 Å². The number of hydrogen-bond donors (Lipinski definition) is 3. The Labute approximate surface area is 135 Å². The van der Waals surface area contributed by atoms with Gasteiger partial charge in [-0.25, -0.2) is 14.8 Å². The zero-order valence-corrected chi connectivity index (χ0v) is 13.7. The lowest BCUT2D eigenvalue weighted by atomic mass is 10.2. The highest BCUT2D eigenvalue weighted by Gasteiger charge is 2.15. The summed E-state index contributed by atoms with van der Waals surface area (Å²) in [6.07, 6.45) is 1.85. The van der Waals surface area contributed by atoms with E-state index in [9.17, 15) is 4.79 Å². The number of nitrogens with zero attached hydrogens (tertiary/aromatic N) is 2. The number of alkyl carbamates (subject to hydrolysis) is 1. The maximum atomic E-state index is 11.5. The van der Waals surface area contributed by atoms with Gasteiger partial charge in [0.1, 0.15) is 17.7 Å². The van der Waals surface area contributed by atoms with Crippen LogP contribution in [0.3, 0.4) is 0 Å². The van der Waals surface area contributed by atoms with E-state index in [1.807, 2.05) is 39.0 Å². The molecule has 2 aromatic rings. The second-order valence-corrected chi connectivity index (χ2v) is 6.21. The summed E-state index contributed by atoms with van der Waals surface area (Å²) in [7, 11) is 0. The van der Waals surface area contributed by atoms with Crippen LogP contribution in [0, 0.1) is 0 Å². The van der Waals surface area contributed by atoms with Gasteiger partial charge < -0.3 is 21.1 Å². The normalized spacial score (nSPS) is 11.3. The zero-order chi connectivity index (χ0) is 16.9. The number of hydrogen-bond acceptors (Lipinski definition) is 6. The molecule has 0 spiro atoms. The van der Waals surface area contributed by atoms with Crippen LogP contribution in [0.25, 0.3) is 10.9 Å². The Morgan fingerprint density at radius 2 is 2.04 bits per heavy atom. The number of carbonyl (C=O) groups is 1. The largest absolute Gasteiger partial charge is 0.444 e. The molecule has 0 aliphatic rings. The van der Waals surface area contributed by atoms with Crippen molar-refractivity contribution in [3.63, 3.8) is 0 Å². The van der Waals surface area contributed by atoms with Gasteiger partial charge in [0, 0.05) is 24.2 Å². The van der Waals surface area contributed by atoms with Gasteiger partial charge >= 0.3 is 6.09 Å². The Bertz CT molecular complexity index is 682. The van der Waals surface area contributed by atoms with Crippen LogP contribution in [0.4, 0.5) is 16.3 Å². The van der Waals surface area contributed by atoms with Gasteiger partial charge in [0.25, 0.3) is 0 Å². The van der Waals surface area contributed by atoms with Gasteiger partial charge in [-0.15, -0.1) is 0 Å². The Balaban J connectivity index is 1.81. The first-order valence-electron chi connectivity index (χ1n) is 7.56. The van der Waals surface area contributed by atoms with Crippen molar-refractivity contribution in [1.29, 1.82) is 0 Å². The molecule has 1 aromatic heterocycles. The van der Waals surface area contributed by atoms with Gasteiger partial charge in [0.05, 0.1) is 5.52 Å². The molecular formula is C16H23N5O2. The Morgan fingerprint density at radius 3 is 2.78 bits per heavy atom. The molecule has 2 rings (SSSR count). The second kappa shape index (κ2) is 7.13. The first-order valence-corrected chi connectivity index (χ1v) is 7.56. The summed E-state index contributed by atoms with van der Waals surface area (Å²) in [4.78, 5) is 20.0. The number of aromatic nitrogens is 2. The molecule has 1 heterocycles. The fourth-order valence-corrected chi connectivity index (χ4v) is 2.01. The van der Waals surface area contributed by atoms with E-state index in [0.29, 0.717) is 18.8 Å². The highest BCUT2D eigenvalue weighted by Crippen LogP contribution is 2.21. The number of anilines is 2. The maximum Gasteiger partial charge on any atom is 0.407 e. The molecule has 0 unspecified atom stereocenters. The van der Waals surface area contributed by atoms with Crippen molar-refractivity contribution in [3.05, 3.63) is 24.5 Å². The molecule has 0 aliphatic carbocycles. The smallest absolute Gasteiger partial charge is 0.407 e. The topological polar surface area (TPSA) is 102 Å². The third-order valence-corrected chi connectivity index (χ3v) is 2.97. The summed E-state index contributed by atoms with van der Waals surface area (Å²) in [6, 6.07) is 5.52. The maximum absolute atomic E-state index is 11.5. The highest BCUT2D eigenvalue weighted by atomic mass is 16.6. The van der Waals surface area contributed by atoms with E-state index in [-0.39, 0.29) is 0 Å². The van der Waals surface area contributed by atoms with Gasteiger partial charge in [-0.3, -0.25) is 0 Å². The third kappa shape index (κ3) is 5.28. The first-order chi connectivity index (χ1) is 10.8. The van der Waals surface area contributed by atoms with Crippen molar-refractivity contribution in [3.8, 4) is 0 Å². The number of nitrogen functional groups attached to an aromatic ring is 1. The van der Waals surface area contributed by atoms with Crippen LogP contribution in [-0.4, -0.2) is 34.8 Å². The minimum Gasteiger partial charge on any atom is -0.444 e. The molecule has 0 atom stereocenters. The van der Waals surface area contributed by atoms with Gasteiger partial charge in [-0.2, -0.15) is 0 Å². The van der Waals surface area contributed by atoms with Crippen molar-refractivity contribution in [2.24, 2.45) is 0 Å². The molecule has 7 nitrogen and oxygen atoms in total. The van der Waals surface area contributed by atoms with Crippen LogP contribution >= 0.6 is 0 Å². The number of fused-ring (bicyclic) bond motifs is 1. The van der Waals surface area contributed by atoms with Gasteiger partial charge in [0.2, 0.25) is 0 Å². The summed E-state index contributed by atoms with van der Waals surface area (Å²) in [5, 5.41) is 6.84. The molecule has 7 heteroatoms. The number of nitrogens with two attached hydrogens (primary N) is 1. The molecule has 0 bridgehead atoms. The van der Waals surface area contributed by atoms with E-state index in [1.165, 1.54) is 6.33 Å². The molecule has 124 valence electrons. The van der Waals surface area contributed by atoms with Crippen molar-refractivity contribution < 1.29 is 9.53 Å². The monoisotopic (exact) mass is 317 g/mol. The van der Waals surface area contributed by atoms with Gasteiger partial charge in [0.15, 0.2) is 0 Å². The molecule has 1 amide bonds. The quantitative estimate of drug-likeness (QED) is 0.578. The van der Waals surface area contributed by atoms with E-state index in [0.717, 1.165) is 23.1 Å². The fraction of sp³-hybridized carbons (Fsp3) is 0.438. The molecule has 0 saturated carbocycles. The zero-order valence-electron chi connectivity index (χ0n) is 13.7. The van der Waals surface area contributed by atoms with E-state index in [2.05, 4.69) is 20.6 Å². The van der Waals surface area contributed by atoms with Crippen molar-refractivity contribution in [1.82, 2.24) is 15.3 Å². The molecule has 1 aromatic carbocycles.